The number of carbonyl (C=O) groups excluding carboxylic acids is 1. The van der Waals surface area contributed by atoms with Gasteiger partial charge in [0.15, 0.2) is 0 Å². The lowest BCUT2D eigenvalue weighted by Crippen LogP contribution is -2.31. The lowest BCUT2D eigenvalue weighted by atomic mass is 9.93. The molecule has 136 valence electrons. The highest BCUT2D eigenvalue weighted by molar-refractivity contribution is 5.78. The summed E-state index contributed by atoms with van der Waals surface area (Å²) in [6, 6.07) is 6.21. The number of amides is 1. The van der Waals surface area contributed by atoms with Crippen molar-refractivity contribution in [2.75, 3.05) is 13.1 Å². The summed E-state index contributed by atoms with van der Waals surface area (Å²) in [5, 5.41) is 6.12. The van der Waals surface area contributed by atoms with Crippen LogP contribution in [-0.2, 0) is 4.79 Å². The van der Waals surface area contributed by atoms with Gasteiger partial charge in [0.25, 0.3) is 0 Å². The zero-order valence-electron chi connectivity index (χ0n) is 14.3. The monoisotopic (exact) mass is 350 g/mol. The van der Waals surface area contributed by atoms with Crippen LogP contribution in [0.1, 0.15) is 51.0 Å². The van der Waals surface area contributed by atoms with E-state index in [1.807, 2.05) is 0 Å². The van der Waals surface area contributed by atoms with Gasteiger partial charge in [-0.05, 0) is 57.3 Å². The smallest absolute Gasteiger partial charge is 0.320 e. The van der Waals surface area contributed by atoms with Crippen LogP contribution in [0.15, 0.2) is 24.3 Å². The maximum absolute atomic E-state index is 13.5. The molecule has 25 heavy (non-hydrogen) atoms. The molecule has 1 aromatic carbocycles. The van der Waals surface area contributed by atoms with Gasteiger partial charge in [0, 0.05) is 6.42 Å². The molecule has 3 rings (SSSR count). The van der Waals surface area contributed by atoms with Crippen LogP contribution in [0.3, 0.4) is 0 Å². The molecule has 1 fully saturated rings. The first-order valence-electron chi connectivity index (χ1n) is 8.81. The molecule has 7 heteroatoms. The Hall–Kier alpha value is -2.02. The number of piperidine rings is 1. The summed E-state index contributed by atoms with van der Waals surface area (Å²) in [5.41, 5.74) is 0.886. The van der Waals surface area contributed by atoms with Crippen molar-refractivity contribution in [1.29, 1.82) is 0 Å². The second kappa shape index (κ2) is 7.91. The summed E-state index contributed by atoms with van der Waals surface area (Å²) < 4.78 is 27.9. The number of hydrogen-bond acceptors (Lipinski definition) is 3. The standard InChI is InChI=1S/C18H24F2N4O/c1-12(22-16(25)7-6-13-8-10-21-11-9-13)17-23-14-4-2-3-5-15(14)24(17)18(19)20/h2-5,12-13,18,21H,6-11H2,1H3,(H,22,25). The number of alkyl halides is 2. The number of fused-ring (bicyclic) bond motifs is 1. The van der Waals surface area contributed by atoms with E-state index in [4.69, 9.17) is 0 Å². The Balaban J connectivity index is 1.66. The summed E-state index contributed by atoms with van der Waals surface area (Å²) in [5.74, 6) is 0.637. The number of aromatic nitrogens is 2. The Bertz CT molecular complexity index is 725. The minimum Gasteiger partial charge on any atom is -0.346 e. The molecule has 1 atom stereocenters. The van der Waals surface area contributed by atoms with Crippen molar-refractivity contribution in [2.45, 2.75) is 45.2 Å². The van der Waals surface area contributed by atoms with Gasteiger partial charge in [-0.25, -0.2) is 4.98 Å². The Morgan fingerprint density at radius 1 is 1.36 bits per heavy atom. The quantitative estimate of drug-likeness (QED) is 0.840. The molecule has 2 aromatic rings. The van der Waals surface area contributed by atoms with Crippen LogP contribution in [0, 0.1) is 5.92 Å². The fraction of sp³-hybridized carbons (Fsp3) is 0.556. The second-order valence-electron chi connectivity index (χ2n) is 6.63. The van der Waals surface area contributed by atoms with Gasteiger partial charge in [0.1, 0.15) is 5.82 Å². The molecule has 2 N–H and O–H groups in total. The molecule has 0 spiro atoms. The highest BCUT2D eigenvalue weighted by atomic mass is 19.3. The number of nitrogens with zero attached hydrogens (tertiary/aromatic N) is 2. The van der Waals surface area contributed by atoms with Crippen LogP contribution >= 0.6 is 0 Å². The largest absolute Gasteiger partial charge is 0.346 e. The van der Waals surface area contributed by atoms with Crippen LogP contribution in [0.2, 0.25) is 0 Å². The SMILES string of the molecule is CC(NC(=O)CCC1CCNCC1)c1nc2ccccc2n1C(F)F. The first-order valence-corrected chi connectivity index (χ1v) is 8.81. The van der Waals surface area contributed by atoms with Crippen molar-refractivity contribution in [1.82, 2.24) is 20.2 Å². The normalized spacial score (nSPS) is 17.1. The van der Waals surface area contributed by atoms with Crippen LogP contribution in [-0.4, -0.2) is 28.5 Å². The lowest BCUT2D eigenvalue weighted by Gasteiger charge is -2.22. The summed E-state index contributed by atoms with van der Waals surface area (Å²) in [6.45, 7) is 1.00. The van der Waals surface area contributed by atoms with Crippen LogP contribution < -0.4 is 10.6 Å². The van der Waals surface area contributed by atoms with Crippen molar-refractivity contribution >= 4 is 16.9 Å². The lowest BCUT2D eigenvalue weighted by molar-refractivity contribution is -0.122. The Labute approximate surface area is 145 Å². The molecule has 0 radical (unpaired) electrons. The minimum atomic E-state index is -2.70. The molecular weight excluding hydrogens is 326 g/mol. The number of hydrogen-bond donors (Lipinski definition) is 2. The topological polar surface area (TPSA) is 59.0 Å². The van der Waals surface area contributed by atoms with Crippen molar-refractivity contribution in [3.63, 3.8) is 0 Å². The second-order valence-corrected chi connectivity index (χ2v) is 6.63. The highest BCUT2D eigenvalue weighted by Crippen LogP contribution is 2.26. The average molecular weight is 350 g/mol. The van der Waals surface area contributed by atoms with E-state index in [9.17, 15) is 13.6 Å². The molecule has 5 nitrogen and oxygen atoms in total. The Morgan fingerprint density at radius 3 is 2.80 bits per heavy atom. The van der Waals surface area contributed by atoms with Gasteiger partial charge in [-0.2, -0.15) is 8.78 Å². The van der Waals surface area contributed by atoms with Crippen LogP contribution in [0.25, 0.3) is 11.0 Å². The van der Waals surface area contributed by atoms with Gasteiger partial charge in [-0.15, -0.1) is 0 Å². The highest BCUT2D eigenvalue weighted by Gasteiger charge is 2.23. The molecular formula is C18H24F2N4O. The van der Waals surface area contributed by atoms with E-state index in [1.54, 1.807) is 31.2 Å². The predicted octanol–water partition coefficient (Wildman–Crippen LogP) is 3.39. The van der Waals surface area contributed by atoms with Crippen molar-refractivity contribution in [3.05, 3.63) is 30.1 Å². The minimum absolute atomic E-state index is 0.112. The molecule has 1 aromatic heterocycles. The molecule has 1 saturated heterocycles. The van der Waals surface area contributed by atoms with E-state index in [1.165, 1.54) is 0 Å². The molecule has 1 unspecified atom stereocenters. The molecule has 1 aliphatic rings. The average Bonchev–Trinajstić information content (AvgIpc) is 3.01. The van der Waals surface area contributed by atoms with Crippen LogP contribution in [0.5, 0.6) is 0 Å². The Morgan fingerprint density at radius 2 is 2.08 bits per heavy atom. The third-order valence-electron chi connectivity index (χ3n) is 4.82. The summed E-state index contributed by atoms with van der Waals surface area (Å²) in [7, 11) is 0. The molecule has 2 heterocycles. The number of carbonyl (C=O) groups is 1. The Kier molecular flexibility index (Phi) is 5.63. The first-order chi connectivity index (χ1) is 12.1. The number of halogens is 2. The van der Waals surface area contributed by atoms with E-state index in [-0.39, 0.29) is 11.7 Å². The summed E-state index contributed by atoms with van der Waals surface area (Å²) >= 11 is 0. The van der Waals surface area contributed by atoms with E-state index >= 15 is 0 Å². The predicted molar refractivity (Wildman–Crippen MR) is 92.4 cm³/mol. The number of nitrogens with one attached hydrogen (secondary N) is 2. The number of rotatable bonds is 6. The van der Waals surface area contributed by atoms with Gasteiger partial charge in [-0.3, -0.25) is 9.36 Å². The van der Waals surface area contributed by atoms with E-state index in [2.05, 4.69) is 15.6 Å². The van der Waals surface area contributed by atoms with E-state index in [0.29, 0.717) is 23.4 Å². The number of imidazole rings is 1. The maximum atomic E-state index is 13.5. The van der Waals surface area contributed by atoms with Crippen molar-refractivity contribution < 1.29 is 13.6 Å². The molecule has 1 amide bonds. The number of benzene rings is 1. The van der Waals surface area contributed by atoms with Crippen molar-refractivity contribution in [2.24, 2.45) is 5.92 Å². The van der Waals surface area contributed by atoms with Crippen molar-refractivity contribution in [3.8, 4) is 0 Å². The van der Waals surface area contributed by atoms with Gasteiger partial charge >= 0.3 is 6.55 Å². The fourth-order valence-corrected chi connectivity index (χ4v) is 3.46. The van der Waals surface area contributed by atoms with Gasteiger partial charge in [-0.1, -0.05) is 12.1 Å². The molecule has 0 bridgehead atoms. The van der Waals surface area contributed by atoms with E-state index in [0.717, 1.165) is 36.9 Å². The zero-order valence-corrected chi connectivity index (χ0v) is 14.3. The molecule has 0 saturated carbocycles. The maximum Gasteiger partial charge on any atom is 0.320 e. The molecule has 0 aliphatic carbocycles. The third-order valence-corrected chi connectivity index (χ3v) is 4.82. The third kappa shape index (κ3) is 4.15. The van der Waals surface area contributed by atoms with Gasteiger partial charge < -0.3 is 10.6 Å². The fourth-order valence-electron chi connectivity index (χ4n) is 3.46. The summed E-state index contributed by atoms with van der Waals surface area (Å²) in [6.07, 6.45) is 3.43. The van der Waals surface area contributed by atoms with Crippen LogP contribution in [0.4, 0.5) is 8.78 Å². The first kappa shape index (κ1) is 17.8. The molecule has 1 aliphatic heterocycles. The van der Waals surface area contributed by atoms with Gasteiger partial charge in [0.2, 0.25) is 5.91 Å². The van der Waals surface area contributed by atoms with E-state index < -0.39 is 12.6 Å². The zero-order chi connectivity index (χ0) is 17.8. The van der Waals surface area contributed by atoms with Gasteiger partial charge in [0.05, 0.1) is 17.1 Å². The number of para-hydroxylation sites is 2. The summed E-state index contributed by atoms with van der Waals surface area (Å²) in [4.78, 5) is 16.5.